The molecule has 0 spiro atoms. The van der Waals surface area contributed by atoms with Gasteiger partial charge in [0.2, 0.25) is 0 Å². The summed E-state index contributed by atoms with van der Waals surface area (Å²) in [6, 6.07) is 4.32. The molecule has 2 atom stereocenters. The van der Waals surface area contributed by atoms with E-state index in [0.29, 0.717) is 17.5 Å². The number of hydrogen-bond donors (Lipinski definition) is 0. The van der Waals surface area contributed by atoms with E-state index in [9.17, 15) is 4.79 Å². The summed E-state index contributed by atoms with van der Waals surface area (Å²) in [5, 5.41) is 3.99. The molecule has 0 saturated carbocycles. The van der Waals surface area contributed by atoms with Gasteiger partial charge < -0.3 is 4.90 Å². The van der Waals surface area contributed by atoms with Crippen LogP contribution < -0.4 is 0 Å². The highest BCUT2D eigenvalue weighted by Gasteiger charge is 2.41. The molecule has 4 rings (SSSR count). The first-order valence-electron chi connectivity index (χ1n) is 7.22. The number of carbonyl (C=O) groups is 1. The lowest BCUT2D eigenvalue weighted by Gasteiger charge is -2.20. The zero-order valence-corrected chi connectivity index (χ0v) is 13.3. The molecule has 2 fully saturated rings. The summed E-state index contributed by atoms with van der Waals surface area (Å²) in [5.74, 6) is 1.37. The Balaban J connectivity index is 1.36. The maximum absolute atomic E-state index is 12.3. The van der Waals surface area contributed by atoms with Crippen LogP contribution in [0.4, 0.5) is 0 Å². The fourth-order valence-corrected chi connectivity index (χ4v) is 4.76. The Morgan fingerprint density at radius 2 is 2.10 bits per heavy atom. The Morgan fingerprint density at radius 1 is 1.29 bits per heavy atom. The minimum absolute atomic E-state index is 0.107. The van der Waals surface area contributed by atoms with Crippen molar-refractivity contribution in [2.24, 2.45) is 11.8 Å². The van der Waals surface area contributed by atoms with Gasteiger partial charge in [-0.3, -0.25) is 9.69 Å². The highest BCUT2D eigenvalue weighted by molar-refractivity contribution is 7.09. The first kappa shape index (κ1) is 13.4. The molecule has 0 unspecified atom stereocenters. The summed E-state index contributed by atoms with van der Waals surface area (Å²) < 4.78 is 0. The molecule has 0 N–H and O–H groups in total. The standard InChI is InChI=1S/C15H17N3OS2/c19-15(14-9-20-10-16-14)18-6-11-4-17(5-12(11)7-18)8-13-2-1-3-21-13/h1-3,9-12H,4-8H2/t11-,12+. The van der Waals surface area contributed by atoms with E-state index in [1.807, 2.05) is 21.6 Å². The van der Waals surface area contributed by atoms with Crippen molar-refractivity contribution in [1.29, 1.82) is 0 Å². The molecule has 0 bridgehead atoms. The molecule has 2 aliphatic heterocycles. The summed E-state index contributed by atoms with van der Waals surface area (Å²) >= 11 is 3.31. The van der Waals surface area contributed by atoms with E-state index in [1.165, 1.54) is 16.2 Å². The zero-order chi connectivity index (χ0) is 14.2. The molecule has 0 aromatic carbocycles. The van der Waals surface area contributed by atoms with Gasteiger partial charge >= 0.3 is 0 Å². The average molecular weight is 319 g/mol. The third-order valence-corrected chi connectivity index (χ3v) is 5.91. The molecule has 6 heteroatoms. The van der Waals surface area contributed by atoms with Crippen molar-refractivity contribution < 1.29 is 4.79 Å². The maximum Gasteiger partial charge on any atom is 0.273 e. The highest BCUT2D eigenvalue weighted by Crippen LogP contribution is 2.33. The van der Waals surface area contributed by atoms with Crippen molar-refractivity contribution in [1.82, 2.24) is 14.8 Å². The van der Waals surface area contributed by atoms with E-state index >= 15 is 0 Å². The molecule has 0 aliphatic carbocycles. The molecule has 4 heterocycles. The predicted octanol–water partition coefficient (Wildman–Crippen LogP) is 2.41. The SMILES string of the molecule is O=C(c1cscn1)N1C[C@H]2CN(Cc3cccs3)C[C@H]2C1. The maximum atomic E-state index is 12.3. The number of carbonyl (C=O) groups excluding carboxylic acids is 1. The topological polar surface area (TPSA) is 36.4 Å². The normalized spacial score (nSPS) is 25.4. The van der Waals surface area contributed by atoms with E-state index in [-0.39, 0.29) is 5.91 Å². The van der Waals surface area contributed by atoms with Crippen LogP contribution in [0.5, 0.6) is 0 Å². The quantitative estimate of drug-likeness (QED) is 0.872. The smallest absolute Gasteiger partial charge is 0.273 e. The van der Waals surface area contributed by atoms with Crippen molar-refractivity contribution in [3.63, 3.8) is 0 Å². The molecular weight excluding hydrogens is 302 g/mol. The second kappa shape index (κ2) is 5.51. The van der Waals surface area contributed by atoms with Crippen molar-refractivity contribution >= 4 is 28.6 Å². The van der Waals surface area contributed by atoms with Gasteiger partial charge in [0.15, 0.2) is 0 Å². The fourth-order valence-electron chi connectivity index (χ4n) is 3.49. The van der Waals surface area contributed by atoms with Gasteiger partial charge in [-0.25, -0.2) is 4.98 Å². The van der Waals surface area contributed by atoms with Gasteiger partial charge in [-0.2, -0.15) is 0 Å². The van der Waals surface area contributed by atoms with Crippen LogP contribution in [-0.4, -0.2) is 46.9 Å². The summed E-state index contributed by atoms with van der Waals surface area (Å²) in [6.07, 6.45) is 0. The lowest BCUT2D eigenvalue weighted by molar-refractivity contribution is 0.0768. The number of likely N-dealkylation sites (tertiary alicyclic amines) is 2. The molecule has 2 aliphatic rings. The van der Waals surface area contributed by atoms with Crippen LogP contribution in [-0.2, 0) is 6.54 Å². The second-order valence-electron chi connectivity index (χ2n) is 5.88. The first-order valence-corrected chi connectivity index (χ1v) is 9.04. The van der Waals surface area contributed by atoms with Crippen molar-refractivity contribution in [3.8, 4) is 0 Å². The number of rotatable bonds is 3. The lowest BCUT2D eigenvalue weighted by Crippen LogP contribution is -2.33. The van der Waals surface area contributed by atoms with Gasteiger partial charge in [0.25, 0.3) is 5.91 Å². The van der Waals surface area contributed by atoms with E-state index in [2.05, 4.69) is 27.4 Å². The summed E-state index contributed by atoms with van der Waals surface area (Å²) in [6.45, 7) is 5.07. The molecule has 2 aromatic rings. The zero-order valence-electron chi connectivity index (χ0n) is 11.6. The molecule has 2 aromatic heterocycles. The van der Waals surface area contributed by atoms with Crippen molar-refractivity contribution in [2.75, 3.05) is 26.2 Å². The number of thiophene rings is 1. The van der Waals surface area contributed by atoms with Crippen LogP contribution in [0.1, 0.15) is 15.4 Å². The molecule has 4 nitrogen and oxygen atoms in total. The number of thiazole rings is 1. The van der Waals surface area contributed by atoms with Crippen molar-refractivity contribution in [2.45, 2.75) is 6.54 Å². The minimum atomic E-state index is 0.107. The Labute approximate surface area is 132 Å². The van der Waals surface area contributed by atoms with Gasteiger partial charge in [0.1, 0.15) is 5.69 Å². The van der Waals surface area contributed by atoms with E-state index < -0.39 is 0 Å². The monoisotopic (exact) mass is 319 g/mol. The van der Waals surface area contributed by atoms with Crippen molar-refractivity contribution in [3.05, 3.63) is 39.0 Å². The van der Waals surface area contributed by atoms with Crippen LogP contribution in [0.15, 0.2) is 28.4 Å². The van der Waals surface area contributed by atoms with Crippen LogP contribution in [0.25, 0.3) is 0 Å². The largest absolute Gasteiger partial charge is 0.337 e. The fraction of sp³-hybridized carbons (Fsp3) is 0.467. The van der Waals surface area contributed by atoms with Gasteiger partial charge in [0, 0.05) is 43.0 Å². The number of amides is 1. The Hall–Kier alpha value is -1.24. The molecule has 1 amide bonds. The van der Waals surface area contributed by atoms with Gasteiger partial charge in [-0.05, 0) is 23.3 Å². The molecule has 0 radical (unpaired) electrons. The van der Waals surface area contributed by atoms with Gasteiger partial charge in [0.05, 0.1) is 5.51 Å². The first-order chi connectivity index (χ1) is 10.3. The Kier molecular flexibility index (Phi) is 3.52. The van der Waals surface area contributed by atoms with E-state index in [4.69, 9.17) is 0 Å². The number of hydrogen-bond acceptors (Lipinski definition) is 5. The predicted molar refractivity (Wildman–Crippen MR) is 84.6 cm³/mol. The van der Waals surface area contributed by atoms with E-state index in [0.717, 1.165) is 32.7 Å². The van der Waals surface area contributed by atoms with Crippen LogP contribution in [0.3, 0.4) is 0 Å². The summed E-state index contributed by atoms with van der Waals surface area (Å²) in [4.78, 5) is 22.4. The number of fused-ring (bicyclic) bond motifs is 1. The molecular formula is C15H17N3OS2. The molecule has 2 saturated heterocycles. The summed E-state index contributed by atoms with van der Waals surface area (Å²) in [7, 11) is 0. The third kappa shape index (κ3) is 2.63. The molecule has 21 heavy (non-hydrogen) atoms. The average Bonchev–Trinajstić information content (AvgIpc) is 3.23. The Morgan fingerprint density at radius 3 is 2.71 bits per heavy atom. The number of aromatic nitrogens is 1. The summed E-state index contributed by atoms with van der Waals surface area (Å²) in [5.41, 5.74) is 2.34. The molecule has 110 valence electrons. The second-order valence-corrected chi connectivity index (χ2v) is 7.63. The third-order valence-electron chi connectivity index (χ3n) is 4.46. The van der Waals surface area contributed by atoms with Gasteiger partial charge in [-0.15, -0.1) is 22.7 Å². The minimum Gasteiger partial charge on any atom is -0.337 e. The number of nitrogens with zero attached hydrogens (tertiary/aromatic N) is 3. The van der Waals surface area contributed by atoms with E-state index in [1.54, 1.807) is 5.51 Å². The Bertz CT molecular complexity index is 597. The van der Waals surface area contributed by atoms with Gasteiger partial charge in [-0.1, -0.05) is 6.07 Å². The van der Waals surface area contributed by atoms with Crippen LogP contribution in [0, 0.1) is 11.8 Å². The van der Waals surface area contributed by atoms with Crippen LogP contribution in [0.2, 0.25) is 0 Å². The highest BCUT2D eigenvalue weighted by atomic mass is 32.1. The lowest BCUT2D eigenvalue weighted by atomic mass is 10.0. The van der Waals surface area contributed by atoms with Crippen LogP contribution >= 0.6 is 22.7 Å².